The van der Waals surface area contributed by atoms with E-state index in [-0.39, 0.29) is 18.0 Å². The van der Waals surface area contributed by atoms with Gasteiger partial charge < -0.3 is 9.94 Å². The highest BCUT2D eigenvalue weighted by Gasteiger charge is 2.19. The van der Waals surface area contributed by atoms with Crippen LogP contribution < -0.4 is 4.74 Å². The number of ether oxygens (including phenoxy) is 1. The monoisotopic (exact) mass is 380 g/mol. The van der Waals surface area contributed by atoms with Crippen molar-refractivity contribution in [1.82, 2.24) is 15.0 Å². The summed E-state index contributed by atoms with van der Waals surface area (Å²) in [5, 5.41) is 13.0. The van der Waals surface area contributed by atoms with Crippen LogP contribution in [0.15, 0.2) is 71.2 Å². The van der Waals surface area contributed by atoms with Crippen molar-refractivity contribution in [3.8, 4) is 5.75 Å². The Hall–Kier alpha value is -3.26. The molecule has 27 heavy (non-hydrogen) atoms. The number of oxime groups is 1. The first-order chi connectivity index (χ1) is 13.2. The van der Waals surface area contributed by atoms with Gasteiger partial charge in [-0.1, -0.05) is 35.1 Å². The Balaban J connectivity index is 1.79. The Morgan fingerprint density at radius 1 is 1.15 bits per heavy atom. The largest absolute Gasteiger partial charge is 0.487 e. The van der Waals surface area contributed by atoms with E-state index < -0.39 is 5.78 Å². The molecule has 0 bridgehead atoms. The molecule has 0 saturated heterocycles. The number of thioether (sulfide) groups is 1. The summed E-state index contributed by atoms with van der Waals surface area (Å²) in [4.78, 5) is 25.2. The fourth-order valence-corrected chi connectivity index (χ4v) is 2.64. The number of nitrogens with zero attached hydrogens (tertiary/aromatic N) is 4. The highest BCUT2D eigenvalue weighted by Crippen LogP contribution is 2.17. The molecule has 0 aliphatic carbocycles. The van der Waals surface area contributed by atoms with Crippen LogP contribution in [0.4, 0.5) is 0 Å². The molecule has 8 heteroatoms. The number of carbonyl (C=O) groups excluding carboxylic acids is 1. The predicted molar refractivity (Wildman–Crippen MR) is 101 cm³/mol. The second-order valence-corrected chi connectivity index (χ2v) is 6.12. The normalized spacial score (nSPS) is 11.2. The second-order valence-electron chi connectivity index (χ2n) is 5.34. The number of carbonyl (C=O) groups is 1. The number of Topliss-reactive ketones (excluding diaryl/α,β-unsaturated/α-hetero) is 1. The molecular weight excluding hydrogens is 364 g/mol. The van der Waals surface area contributed by atoms with E-state index in [2.05, 4.69) is 20.1 Å². The van der Waals surface area contributed by atoms with E-state index in [4.69, 9.17) is 4.74 Å². The molecule has 3 aromatic rings. The van der Waals surface area contributed by atoms with Crippen LogP contribution in [-0.2, 0) is 6.61 Å². The Bertz CT molecular complexity index is 964. The minimum Gasteiger partial charge on any atom is -0.487 e. The third-order valence-corrected chi connectivity index (χ3v) is 4.14. The van der Waals surface area contributed by atoms with Crippen molar-refractivity contribution in [1.29, 1.82) is 0 Å². The third kappa shape index (κ3) is 4.68. The number of pyridine rings is 1. The van der Waals surface area contributed by atoms with Crippen LogP contribution in [0.5, 0.6) is 5.75 Å². The van der Waals surface area contributed by atoms with Crippen molar-refractivity contribution in [3.05, 3.63) is 77.9 Å². The van der Waals surface area contributed by atoms with E-state index in [0.29, 0.717) is 16.5 Å². The summed E-state index contributed by atoms with van der Waals surface area (Å²) in [7, 11) is 0. The molecular formula is C19H16N4O3S. The molecule has 0 radical (unpaired) electrons. The lowest BCUT2D eigenvalue weighted by Gasteiger charge is -2.08. The van der Waals surface area contributed by atoms with Crippen LogP contribution in [0.25, 0.3) is 0 Å². The predicted octanol–water partition coefficient (Wildman–Crippen LogP) is 3.23. The van der Waals surface area contributed by atoms with Gasteiger partial charge in [0.15, 0.2) is 10.9 Å². The molecule has 1 N–H and O–H groups in total. The molecule has 0 fully saturated rings. The Morgan fingerprint density at radius 2 is 2.04 bits per heavy atom. The van der Waals surface area contributed by atoms with E-state index in [0.717, 1.165) is 5.69 Å². The first kappa shape index (κ1) is 18.5. The third-order valence-electron chi connectivity index (χ3n) is 3.58. The summed E-state index contributed by atoms with van der Waals surface area (Å²) in [6.07, 6.45) is 5.02. The van der Waals surface area contributed by atoms with Crippen LogP contribution in [0, 0.1) is 0 Å². The minimum absolute atomic E-state index is 0.158. The van der Waals surface area contributed by atoms with Crippen molar-refractivity contribution in [2.75, 3.05) is 6.26 Å². The lowest BCUT2D eigenvalue weighted by molar-refractivity contribution is 0.106. The van der Waals surface area contributed by atoms with Gasteiger partial charge in [0.05, 0.1) is 5.69 Å². The highest BCUT2D eigenvalue weighted by molar-refractivity contribution is 7.98. The van der Waals surface area contributed by atoms with Crippen LogP contribution in [0.2, 0.25) is 0 Å². The lowest BCUT2D eigenvalue weighted by Crippen LogP contribution is -2.18. The van der Waals surface area contributed by atoms with Crippen molar-refractivity contribution >= 4 is 23.3 Å². The van der Waals surface area contributed by atoms with Crippen molar-refractivity contribution in [2.45, 2.75) is 11.8 Å². The number of hydrogen-bond acceptors (Lipinski definition) is 8. The van der Waals surface area contributed by atoms with E-state index in [1.807, 2.05) is 24.5 Å². The topological polar surface area (TPSA) is 97.6 Å². The van der Waals surface area contributed by atoms with Gasteiger partial charge in [-0.2, -0.15) is 0 Å². The van der Waals surface area contributed by atoms with E-state index in [1.54, 1.807) is 30.5 Å². The summed E-state index contributed by atoms with van der Waals surface area (Å²) in [5.41, 5.74) is 1.19. The fraction of sp³-hybridized carbons (Fsp3) is 0.105. The zero-order chi connectivity index (χ0) is 19.1. The lowest BCUT2D eigenvalue weighted by atomic mass is 10.0. The molecule has 2 heterocycles. The van der Waals surface area contributed by atoms with Crippen LogP contribution >= 0.6 is 11.8 Å². The molecule has 7 nitrogen and oxygen atoms in total. The molecule has 2 aromatic heterocycles. The minimum atomic E-state index is -0.466. The zero-order valence-corrected chi connectivity index (χ0v) is 15.3. The second kappa shape index (κ2) is 8.91. The first-order valence-electron chi connectivity index (χ1n) is 7.98. The van der Waals surface area contributed by atoms with Gasteiger partial charge in [-0.15, -0.1) is 0 Å². The number of hydrogen-bond donors (Lipinski definition) is 1. The maximum atomic E-state index is 12.8. The first-order valence-corrected chi connectivity index (χ1v) is 9.20. The fourth-order valence-electron chi connectivity index (χ4n) is 2.29. The van der Waals surface area contributed by atoms with Crippen molar-refractivity contribution in [3.63, 3.8) is 0 Å². The van der Waals surface area contributed by atoms with Gasteiger partial charge in [0.25, 0.3) is 0 Å². The molecule has 0 amide bonds. The summed E-state index contributed by atoms with van der Waals surface area (Å²) in [5.74, 6) is 0.0443. The zero-order valence-electron chi connectivity index (χ0n) is 14.4. The summed E-state index contributed by atoms with van der Waals surface area (Å²) >= 11 is 1.33. The number of benzene rings is 1. The quantitative estimate of drug-likeness (QED) is 0.168. The average molecular weight is 380 g/mol. The molecule has 1 aromatic carbocycles. The maximum Gasteiger partial charge on any atom is 0.217 e. The van der Waals surface area contributed by atoms with Gasteiger partial charge in [0, 0.05) is 18.0 Å². The molecule has 3 rings (SSSR count). The van der Waals surface area contributed by atoms with Crippen molar-refractivity contribution < 1.29 is 14.7 Å². The van der Waals surface area contributed by atoms with Gasteiger partial charge in [0.1, 0.15) is 18.1 Å². The Morgan fingerprint density at radius 3 is 2.78 bits per heavy atom. The van der Waals surface area contributed by atoms with Crippen LogP contribution in [-0.4, -0.2) is 37.9 Å². The van der Waals surface area contributed by atoms with Gasteiger partial charge in [-0.05, 0) is 36.6 Å². The molecule has 0 atom stereocenters. The molecule has 0 spiro atoms. The highest BCUT2D eigenvalue weighted by atomic mass is 32.2. The van der Waals surface area contributed by atoms with Crippen molar-refractivity contribution in [2.24, 2.45) is 5.16 Å². The van der Waals surface area contributed by atoms with Gasteiger partial charge in [-0.3, -0.25) is 9.78 Å². The SMILES string of the molecule is CSc1nccc(/C(=N\O)C(=O)c2cccc(OCc3ccccn3)c2)n1. The van der Waals surface area contributed by atoms with E-state index in [9.17, 15) is 10.0 Å². The number of rotatable bonds is 7. The van der Waals surface area contributed by atoms with Gasteiger partial charge >= 0.3 is 0 Å². The molecule has 136 valence electrons. The maximum absolute atomic E-state index is 12.8. The van der Waals surface area contributed by atoms with Gasteiger partial charge in [0.2, 0.25) is 5.78 Å². The smallest absolute Gasteiger partial charge is 0.217 e. The average Bonchev–Trinajstić information content (AvgIpc) is 2.74. The molecule has 0 aliphatic heterocycles. The Labute approximate surface area is 160 Å². The number of ketones is 1. The summed E-state index contributed by atoms with van der Waals surface area (Å²) in [6, 6.07) is 13.7. The van der Waals surface area contributed by atoms with Crippen LogP contribution in [0.1, 0.15) is 21.7 Å². The standard InChI is InChI=1S/C19H16N4O3S/c1-27-19-21-10-8-16(22-19)17(23-25)18(24)13-5-4-7-15(11-13)26-12-14-6-2-3-9-20-14/h2-11,25H,12H2,1H3/b23-17+. The van der Waals surface area contributed by atoms with E-state index >= 15 is 0 Å². The van der Waals surface area contributed by atoms with E-state index in [1.165, 1.54) is 24.0 Å². The van der Waals surface area contributed by atoms with Crippen LogP contribution in [0.3, 0.4) is 0 Å². The molecule has 0 saturated carbocycles. The summed E-state index contributed by atoms with van der Waals surface area (Å²) in [6.45, 7) is 0.280. The summed E-state index contributed by atoms with van der Waals surface area (Å²) < 4.78 is 5.69. The molecule has 0 unspecified atom stereocenters. The number of aromatic nitrogens is 3. The molecule has 0 aliphatic rings. The Kier molecular flexibility index (Phi) is 6.11. The van der Waals surface area contributed by atoms with Gasteiger partial charge in [-0.25, -0.2) is 9.97 Å².